The van der Waals surface area contributed by atoms with Crippen molar-refractivity contribution >= 4 is 56.5 Å². The highest BCUT2D eigenvalue weighted by atomic mass is 32.2. The Bertz CT molecular complexity index is 1490. The number of aromatic nitrogens is 3. The molecule has 7 nitrogen and oxygen atoms in total. The van der Waals surface area contributed by atoms with Gasteiger partial charge in [-0.2, -0.15) is 0 Å². The number of nitrogens with one attached hydrogen (secondary N) is 1. The van der Waals surface area contributed by atoms with Crippen LogP contribution in [0.2, 0.25) is 0 Å². The van der Waals surface area contributed by atoms with E-state index in [-0.39, 0.29) is 11.9 Å². The number of nitrogens with zero attached hydrogens (tertiary/aromatic N) is 3. The molecule has 5 rings (SSSR count). The van der Waals surface area contributed by atoms with E-state index in [1.54, 1.807) is 6.92 Å². The van der Waals surface area contributed by atoms with Gasteiger partial charge in [0, 0.05) is 22.4 Å². The number of esters is 1. The van der Waals surface area contributed by atoms with Crippen LogP contribution in [-0.4, -0.2) is 38.8 Å². The standard InChI is InChI=1S/C27H30N4O3S2/c1-5-34-26(33)23-18-8-6-7-9-20(18)36-25(23)28-22(32)10-11-35-27-30-29-21-14-16(3)19-13-15(2)12-17(4)24(19)31(21)27/h12-14H,5-11H2,1-4H3,(H,28,32). The molecular formula is C27H30N4O3S2. The lowest BCUT2D eigenvalue weighted by Crippen LogP contribution is -2.16. The maximum absolute atomic E-state index is 12.9. The molecule has 4 aromatic rings. The fourth-order valence-electron chi connectivity index (χ4n) is 5.00. The molecule has 3 heterocycles. The number of hydrogen-bond donors (Lipinski definition) is 1. The van der Waals surface area contributed by atoms with E-state index in [9.17, 15) is 9.59 Å². The minimum Gasteiger partial charge on any atom is -0.462 e. The topological polar surface area (TPSA) is 85.6 Å². The van der Waals surface area contributed by atoms with Gasteiger partial charge >= 0.3 is 5.97 Å². The molecule has 1 aromatic carbocycles. The summed E-state index contributed by atoms with van der Waals surface area (Å²) in [5.74, 6) is 0.0875. The first-order valence-corrected chi connectivity index (χ1v) is 14.2. The van der Waals surface area contributed by atoms with Crippen molar-refractivity contribution in [2.75, 3.05) is 17.7 Å². The van der Waals surface area contributed by atoms with Crippen LogP contribution in [0.1, 0.15) is 63.7 Å². The second-order valence-electron chi connectivity index (χ2n) is 9.26. The summed E-state index contributed by atoms with van der Waals surface area (Å²) in [5.41, 5.74) is 7.08. The zero-order valence-corrected chi connectivity index (χ0v) is 22.7. The highest BCUT2D eigenvalue weighted by Crippen LogP contribution is 2.39. The number of fused-ring (bicyclic) bond motifs is 4. The fourth-order valence-corrected chi connectivity index (χ4v) is 7.18. The van der Waals surface area contributed by atoms with E-state index >= 15 is 0 Å². The van der Waals surface area contributed by atoms with Crippen molar-refractivity contribution < 1.29 is 14.3 Å². The van der Waals surface area contributed by atoms with Gasteiger partial charge in [0.05, 0.1) is 17.7 Å². The van der Waals surface area contributed by atoms with Crippen molar-refractivity contribution in [3.8, 4) is 0 Å². The molecule has 0 unspecified atom stereocenters. The van der Waals surface area contributed by atoms with Crippen LogP contribution in [0.3, 0.4) is 0 Å². The minimum absolute atomic E-state index is 0.118. The highest BCUT2D eigenvalue weighted by molar-refractivity contribution is 7.99. The van der Waals surface area contributed by atoms with Crippen molar-refractivity contribution in [1.82, 2.24) is 14.6 Å². The predicted octanol–water partition coefficient (Wildman–Crippen LogP) is 6.05. The molecule has 0 aliphatic heterocycles. The Kier molecular flexibility index (Phi) is 7.03. The van der Waals surface area contributed by atoms with Crippen molar-refractivity contribution in [1.29, 1.82) is 0 Å². The Balaban J connectivity index is 1.33. The summed E-state index contributed by atoms with van der Waals surface area (Å²) in [6, 6.07) is 6.42. The summed E-state index contributed by atoms with van der Waals surface area (Å²) in [5, 5.41) is 14.4. The van der Waals surface area contributed by atoms with Gasteiger partial charge in [0.2, 0.25) is 5.91 Å². The van der Waals surface area contributed by atoms with E-state index in [2.05, 4.69) is 58.9 Å². The third-order valence-corrected chi connectivity index (χ3v) is 8.70. The number of thiophene rings is 1. The molecule has 0 fully saturated rings. The van der Waals surface area contributed by atoms with Gasteiger partial charge in [-0.1, -0.05) is 23.4 Å². The molecule has 0 atom stereocenters. The number of ether oxygens (including phenoxy) is 1. The summed E-state index contributed by atoms with van der Waals surface area (Å²) in [7, 11) is 0. The predicted molar refractivity (Wildman–Crippen MR) is 146 cm³/mol. The van der Waals surface area contributed by atoms with Crippen LogP contribution in [-0.2, 0) is 22.4 Å². The second kappa shape index (κ2) is 10.2. The fraction of sp³-hybridized carbons (Fsp3) is 0.407. The van der Waals surface area contributed by atoms with E-state index in [1.807, 2.05) is 0 Å². The first kappa shape index (κ1) is 24.8. The van der Waals surface area contributed by atoms with E-state index in [1.165, 1.54) is 50.1 Å². The number of anilines is 1. The maximum atomic E-state index is 12.9. The molecule has 1 aliphatic carbocycles. The Morgan fingerprint density at radius 3 is 2.72 bits per heavy atom. The van der Waals surface area contributed by atoms with Crippen LogP contribution in [0.15, 0.2) is 23.4 Å². The number of pyridine rings is 1. The average molecular weight is 523 g/mol. The molecule has 0 saturated carbocycles. The molecule has 36 heavy (non-hydrogen) atoms. The van der Waals surface area contributed by atoms with Gasteiger partial charge in [-0.25, -0.2) is 4.79 Å². The van der Waals surface area contributed by atoms with E-state index < -0.39 is 0 Å². The van der Waals surface area contributed by atoms with Gasteiger partial charge in [0.1, 0.15) is 5.00 Å². The molecule has 0 radical (unpaired) electrons. The van der Waals surface area contributed by atoms with Gasteiger partial charge in [0.15, 0.2) is 10.8 Å². The van der Waals surface area contributed by atoms with Gasteiger partial charge < -0.3 is 10.1 Å². The Morgan fingerprint density at radius 2 is 1.92 bits per heavy atom. The number of aryl methyl sites for hydroxylation is 4. The molecule has 0 saturated heterocycles. The minimum atomic E-state index is -0.343. The molecule has 1 amide bonds. The monoisotopic (exact) mass is 522 g/mol. The number of benzene rings is 1. The van der Waals surface area contributed by atoms with Crippen molar-refractivity contribution in [2.45, 2.75) is 65.0 Å². The van der Waals surface area contributed by atoms with Gasteiger partial charge in [-0.3, -0.25) is 9.20 Å². The smallest absolute Gasteiger partial charge is 0.341 e. The normalized spacial score (nSPS) is 13.2. The van der Waals surface area contributed by atoms with Crippen LogP contribution < -0.4 is 5.32 Å². The van der Waals surface area contributed by atoms with Crippen LogP contribution >= 0.6 is 23.1 Å². The Labute approximate surface area is 218 Å². The molecule has 3 aromatic heterocycles. The van der Waals surface area contributed by atoms with Crippen LogP contribution in [0.25, 0.3) is 16.6 Å². The van der Waals surface area contributed by atoms with Crippen molar-refractivity contribution in [3.63, 3.8) is 0 Å². The number of thioether (sulfide) groups is 1. The van der Waals surface area contributed by atoms with Crippen LogP contribution in [0.4, 0.5) is 5.00 Å². The lowest BCUT2D eigenvalue weighted by Gasteiger charge is -2.12. The first-order valence-electron chi connectivity index (χ1n) is 12.4. The zero-order valence-electron chi connectivity index (χ0n) is 21.1. The van der Waals surface area contributed by atoms with Gasteiger partial charge in [0.25, 0.3) is 0 Å². The third-order valence-electron chi connectivity index (χ3n) is 6.56. The van der Waals surface area contributed by atoms with Crippen molar-refractivity contribution in [2.24, 2.45) is 0 Å². The second-order valence-corrected chi connectivity index (χ2v) is 11.4. The molecule has 1 N–H and O–H groups in total. The van der Waals surface area contributed by atoms with E-state index in [0.29, 0.717) is 29.3 Å². The maximum Gasteiger partial charge on any atom is 0.341 e. The number of carbonyl (C=O) groups is 2. The summed E-state index contributed by atoms with van der Waals surface area (Å²) in [4.78, 5) is 26.7. The van der Waals surface area contributed by atoms with Crippen molar-refractivity contribution in [3.05, 3.63) is 50.9 Å². The molecule has 1 aliphatic rings. The first-order chi connectivity index (χ1) is 17.4. The Morgan fingerprint density at radius 1 is 1.11 bits per heavy atom. The zero-order chi connectivity index (χ0) is 25.4. The quantitative estimate of drug-likeness (QED) is 0.235. The lowest BCUT2D eigenvalue weighted by atomic mass is 9.95. The van der Waals surface area contributed by atoms with Crippen LogP contribution in [0.5, 0.6) is 0 Å². The highest BCUT2D eigenvalue weighted by Gasteiger charge is 2.27. The number of hydrogen-bond acceptors (Lipinski definition) is 7. The molecule has 188 valence electrons. The SMILES string of the molecule is CCOC(=O)c1c(NC(=O)CCSc2nnc3cc(C)c4cc(C)cc(C)c4n23)sc2c1CCCC2. The molecule has 0 bridgehead atoms. The summed E-state index contributed by atoms with van der Waals surface area (Å²) >= 11 is 3.03. The third kappa shape index (κ3) is 4.62. The number of rotatable bonds is 7. The lowest BCUT2D eigenvalue weighted by molar-refractivity contribution is -0.115. The van der Waals surface area contributed by atoms with E-state index in [0.717, 1.165) is 47.6 Å². The number of amides is 1. The average Bonchev–Trinajstić information content (AvgIpc) is 3.40. The van der Waals surface area contributed by atoms with Gasteiger partial charge in [-0.15, -0.1) is 21.5 Å². The molecule has 0 spiro atoms. The summed E-state index contributed by atoms with van der Waals surface area (Å²) < 4.78 is 7.39. The summed E-state index contributed by atoms with van der Waals surface area (Å²) in [6.07, 6.45) is 4.27. The van der Waals surface area contributed by atoms with Gasteiger partial charge in [-0.05, 0) is 82.2 Å². The molecule has 9 heteroatoms. The largest absolute Gasteiger partial charge is 0.462 e. The van der Waals surface area contributed by atoms with E-state index in [4.69, 9.17) is 4.74 Å². The van der Waals surface area contributed by atoms with Crippen LogP contribution in [0, 0.1) is 20.8 Å². The summed E-state index contributed by atoms with van der Waals surface area (Å²) in [6.45, 7) is 8.42. The Hall–Kier alpha value is -2.91. The number of carbonyl (C=O) groups excluding carboxylic acids is 2. The molecular weight excluding hydrogens is 492 g/mol.